The molecule has 6 nitrogen and oxygen atoms in total. The number of amides is 3. The van der Waals surface area contributed by atoms with E-state index in [1.54, 1.807) is 19.1 Å². The highest BCUT2D eigenvalue weighted by Crippen LogP contribution is 2.02. The molecular formula is C16H24FN3O3. The molecule has 0 bridgehead atoms. The third-order valence-electron chi connectivity index (χ3n) is 3.23. The molecular weight excluding hydrogens is 301 g/mol. The van der Waals surface area contributed by atoms with Gasteiger partial charge in [-0.15, -0.1) is 0 Å². The standard InChI is InChI=1S/C16H24FN3O3/c1-3-4-14(15(22)19-11(2)10-21)20-16(23)18-9-12-5-7-13(17)8-6-12/h5-8,11,14,21H,3-4,9-10H2,1-2H3,(H,19,22)(H2,18,20,23). The van der Waals surface area contributed by atoms with Gasteiger partial charge in [0.05, 0.1) is 6.61 Å². The Bertz CT molecular complexity index is 508. The van der Waals surface area contributed by atoms with Crippen molar-refractivity contribution in [2.24, 2.45) is 0 Å². The first-order valence-electron chi connectivity index (χ1n) is 7.66. The van der Waals surface area contributed by atoms with Crippen LogP contribution < -0.4 is 16.0 Å². The highest BCUT2D eigenvalue weighted by molar-refractivity contribution is 5.87. The lowest BCUT2D eigenvalue weighted by Gasteiger charge is -2.20. The maximum absolute atomic E-state index is 12.8. The zero-order chi connectivity index (χ0) is 17.2. The van der Waals surface area contributed by atoms with Crippen LogP contribution in [0.3, 0.4) is 0 Å². The normalized spacial score (nSPS) is 13.0. The van der Waals surface area contributed by atoms with Crippen LogP contribution in [0, 0.1) is 5.82 Å². The van der Waals surface area contributed by atoms with E-state index in [0.717, 1.165) is 12.0 Å². The van der Waals surface area contributed by atoms with Crippen molar-refractivity contribution in [3.8, 4) is 0 Å². The SMILES string of the molecule is CCCC(NC(=O)NCc1ccc(F)cc1)C(=O)NC(C)CO. The molecule has 1 rings (SSSR count). The van der Waals surface area contributed by atoms with Crippen LogP contribution in [-0.4, -0.2) is 35.7 Å². The lowest BCUT2D eigenvalue weighted by atomic mass is 10.1. The van der Waals surface area contributed by atoms with Gasteiger partial charge in [0.2, 0.25) is 5.91 Å². The fourth-order valence-corrected chi connectivity index (χ4v) is 1.94. The van der Waals surface area contributed by atoms with E-state index >= 15 is 0 Å². The summed E-state index contributed by atoms with van der Waals surface area (Å²) >= 11 is 0. The Balaban J connectivity index is 2.49. The van der Waals surface area contributed by atoms with Crippen molar-refractivity contribution in [2.45, 2.75) is 45.3 Å². The molecule has 2 atom stereocenters. The number of aliphatic hydroxyl groups excluding tert-OH is 1. The molecule has 23 heavy (non-hydrogen) atoms. The lowest BCUT2D eigenvalue weighted by Crippen LogP contribution is -2.52. The zero-order valence-electron chi connectivity index (χ0n) is 13.4. The summed E-state index contributed by atoms with van der Waals surface area (Å²) in [6, 6.07) is 4.29. The summed E-state index contributed by atoms with van der Waals surface area (Å²) in [5.74, 6) is -0.666. The summed E-state index contributed by atoms with van der Waals surface area (Å²) in [7, 11) is 0. The van der Waals surface area contributed by atoms with Gasteiger partial charge in [-0.3, -0.25) is 4.79 Å². The first kappa shape index (κ1) is 18.9. The highest BCUT2D eigenvalue weighted by Gasteiger charge is 2.20. The predicted octanol–water partition coefficient (Wildman–Crippen LogP) is 1.29. The topological polar surface area (TPSA) is 90.5 Å². The third-order valence-corrected chi connectivity index (χ3v) is 3.23. The summed E-state index contributed by atoms with van der Waals surface area (Å²) in [5.41, 5.74) is 0.756. The molecule has 1 aromatic rings. The van der Waals surface area contributed by atoms with Crippen molar-refractivity contribution >= 4 is 11.9 Å². The minimum absolute atomic E-state index is 0.165. The van der Waals surface area contributed by atoms with E-state index in [9.17, 15) is 14.0 Å². The number of aliphatic hydroxyl groups is 1. The molecule has 0 saturated carbocycles. The van der Waals surface area contributed by atoms with E-state index in [2.05, 4.69) is 16.0 Å². The van der Waals surface area contributed by atoms with Crippen LogP contribution >= 0.6 is 0 Å². The van der Waals surface area contributed by atoms with Gasteiger partial charge in [0, 0.05) is 12.6 Å². The highest BCUT2D eigenvalue weighted by atomic mass is 19.1. The first-order valence-corrected chi connectivity index (χ1v) is 7.66. The second-order valence-electron chi connectivity index (χ2n) is 5.39. The monoisotopic (exact) mass is 325 g/mol. The number of benzene rings is 1. The quantitative estimate of drug-likeness (QED) is 0.580. The van der Waals surface area contributed by atoms with Gasteiger partial charge < -0.3 is 21.1 Å². The van der Waals surface area contributed by atoms with Gasteiger partial charge in [0.15, 0.2) is 0 Å². The van der Waals surface area contributed by atoms with E-state index in [-0.39, 0.29) is 30.9 Å². The van der Waals surface area contributed by atoms with Crippen molar-refractivity contribution < 1.29 is 19.1 Å². The second kappa shape index (κ2) is 9.78. The van der Waals surface area contributed by atoms with Crippen molar-refractivity contribution in [2.75, 3.05) is 6.61 Å². The molecule has 0 fully saturated rings. The molecule has 4 N–H and O–H groups in total. The second-order valence-corrected chi connectivity index (χ2v) is 5.39. The fraction of sp³-hybridized carbons (Fsp3) is 0.500. The van der Waals surface area contributed by atoms with Gasteiger partial charge >= 0.3 is 6.03 Å². The Labute approximate surface area is 135 Å². The Morgan fingerprint density at radius 2 is 1.87 bits per heavy atom. The molecule has 2 unspecified atom stereocenters. The number of rotatable bonds is 8. The molecule has 3 amide bonds. The van der Waals surface area contributed by atoms with E-state index in [4.69, 9.17) is 5.11 Å². The third kappa shape index (κ3) is 7.10. The van der Waals surface area contributed by atoms with Crippen LogP contribution in [0.5, 0.6) is 0 Å². The molecule has 0 heterocycles. The van der Waals surface area contributed by atoms with Gasteiger partial charge in [0.1, 0.15) is 11.9 Å². The van der Waals surface area contributed by atoms with E-state index < -0.39 is 12.1 Å². The van der Waals surface area contributed by atoms with Crippen molar-refractivity contribution in [1.82, 2.24) is 16.0 Å². The van der Waals surface area contributed by atoms with E-state index in [1.165, 1.54) is 12.1 Å². The maximum Gasteiger partial charge on any atom is 0.315 e. The molecule has 0 aliphatic carbocycles. The number of carbonyl (C=O) groups is 2. The molecule has 0 radical (unpaired) electrons. The molecule has 128 valence electrons. The Hall–Kier alpha value is -2.15. The number of hydrogen-bond acceptors (Lipinski definition) is 3. The molecule has 7 heteroatoms. The molecule has 0 aliphatic rings. The van der Waals surface area contributed by atoms with Gasteiger partial charge in [0.25, 0.3) is 0 Å². The Kier molecular flexibility index (Phi) is 8.04. The number of carbonyl (C=O) groups excluding carboxylic acids is 2. The van der Waals surface area contributed by atoms with Crippen molar-refractivity contribution in [1.29, 1.82) is 0 Å². The zero-order valence-corrected chi connectivity index (χ0v) is 13.4. The molecule has 0 saturated heterocycles. The maximum atomic E-state index is 12.8. The molecule has 0 spiro atoms. The van der Waals surface area contributed by atoms with Crippen LogP contribution in [0.1, 0.15) is 32.3 Å². The smallest absolute Gasteiger partial charge is 0.315 e. The molecule has 0 aromatic heterocycles. The molecule has 0 aliphatic heterocycles. The summed E-state index contributed by atoms with van der Waals surface area (Å²) in [5, 5.41) is 16.8. The number of hydrogen-bond donors (Lipinski definition) is 4. The van der Waals surface area contributed by atoms with Crippen LogP contribution in [0.25, 0.3) is 0 Å². The number of halogens is 1. The van der Waals surface area contributed by atoms with Crippen LogP contribution in [0.4, 0.5) is 9.18 Å². The summed E-state index contributed by atoms with van der Waals surface area (Å²) in [4.78, 5) is 23.9. The predicted molar refractivity (Wildman–Crippen MR) is 85.2 cm³/mol. The first-order chi connectivity index (χ1) is 11.0. The number of urea groups is 1. The lowest BCUT2D eigenvalue weighted by molar-refractivity contribution is -0.124. The number of nitrogens with one attached hydrogen (secondary N) is 3. The Morgan fingerprint density at radius 3 is 2.43 bits per heavy atom. The average Bonchev–Trinajstić information content (AvgIpc) is 2.53. The summed E-state index contributed by atoms with van der Waals surface area (Å²) in [6.07, 6.45) is 1.22. The van der Waals surface area contributed by atoms with Crippen molar-refractivity contribution in [3.63, 3.8) is 0 Å². The van der Waals surface area contributed by atoms with Gasteiger partial charge in [-0.05, 0) is 31.0 Å². The summed E-state index contributed by atoms with van der Waals surface area (Å²) < 4.78 is 12.8. The van der Waals surface area contributed by atoms with Crippen LogP contribution in [0.2, 0.25) is 0 Å². The Morgan fingerprint density at radius 1 is 1.22 bits per heavy atom. The van der Waals surface area contributed by atoms with Gasteiger partial charge in [-0.25, -0.2) is 9.18 Å². The summed E-state index contributed by atoms with van der Waals surface area (Å²) in [6.45, 7) is 3.66. The largest absolute Gasteiger partial charge is 0.394 e. The minimum atomic E-state index is -0.665. The van der Waals surface area contributed by atoms with Gasteiger partial charge in [-0.2, -0.15) is 0 Å². The van der Waals surface area contributed by atoms with Gasteiger partial charge in [-0.1, -0.05) is 25.5 Å². The average molecular weight is 325 g/mol. The van der Waals surface area contributed by atoms with Crippen molar-refractivity contribution in [3.05, 3.63) is 35.6 Å². The fourth-order valence-electron chi connectivity index (χ4n) is 1.94. The van der Waals surface area contributed by atoms with Crippen LogP contribution in [0.15, 0.2) is 24.3 Å². The molecule has 1 aromatic carbocycles. The van der Waals surface area contributed by atoms with E-state index in [1.807, 2.05) is 6.92 Å². The van der Waals surface area contributed by atoms with Crippen LogP contribution in [-0.2, 0) is 11.3 Å². The van der Waals surface area contributed by atoms with E-state index in [0.29, 0.717) is 6.42 Å². The minimum Gasteiger partial charge on any atom is -0.394 e.